The molecule has 0 radical (unpaired) electrons. The van der Waals surface area contributed by atoms with Crippen LogP contribution in [0.15, 0.2) is 44.8 Å². The number of hydrogen-bond acceptors (Lipinski definition) is 6. The normalized spacial score (nSPS) is 12.2. The fourth-order valence-corrected chi connectivity index (χ4v) is 2.65. The predicted octanol–water partition coefficient (Wildman–Crippen LogP) is 3.20. The zero-order valence-electron chi connectivity index (χ0n) is 12.0. The highest BCUT2D eigenvalue weighted by molar-refractivity contribution is 7.13. The quantitative estimate of drug-likeness (QED) is 0.755. The van der Waals surface area contributed by atoms with Crippen molar-refractivity contribution in [3.05, 3.63) is 47.6 Å². The number of nitrogens with zero attached hydrogens (tertiary/aromatic N) is 2. The van der Waals surface area contributed by atoms with Gasteiger partial charge >= 0.3 is 0 Å². The molecule has 0 aromatic carbocycles. The lowest BCUT2D eigenvalue weighted by Gasteiger charge is -2.10. The van der Waals surface area contributed by atoms with Crippen molar-refractivity contribution in [2.75, 3.05) is 0 Å². The summed E-state index contributed by atoms with van der Waals surface area (Å²) in [5, 5.41) is 8.74. The van der Waals surface area contributed by atoms with Crippen LogP contribution in [-0.4, -0.2) is 16.0 Å². The standard InChI is InChI=1S/C15H15N3O3S/c1-10(11-4-2-8-20-11)16-13(19)6-7-14-17-15(18-21-14)12-5-3-9-22-12/h2-5,8-10H,6-7H2,1H3,(H,16,19)/t10-/m0/s1. The molecular formula is C15H15N3O3S. The lowest BCUT2D eigenvalue weighted by molar-refractivity contribution is -0.121. The van der Waals surface area contributed by atoms with E-state index in [1.165, 1.54) is 0 Å². The van der Waals surface area contributed by atoms with E-state index in [1.807, 2.05) is 30.5 Å². The number of hydrogen-bond donors (Lipinski definition) is 1. The molecule has 3 aromatic rings. The minimum Gasteiger partial charge on any atom is -0.467 e. The van der Waals surface area contributed by atoms with Crippen molar-refractivity contribution in [2.24, 2.45) is 0 Å². The number of rotatable bonds is 6. The smallest absolute Gasteiger partial charge is 0.227 e. The summed E-state index contributed by atoms with van der Waals surface area (Å²) in [5.74, 6) is 1.67. The molecule has 3 heterocycles. The number of furan rings is 1. The SMILES string of the molecule is C[C@H](NC(=O)CCc1nc(-c2cccs2)no1)c1ccco1. The lowest BCUT2D eigenvalue weighted by Crippen LogP contribution is -2.26. The van der Waals surface area contributed by atoms with Crippen molar-refractivity contribution in [3.8, 4) is 10.7 Å². The van der Waals surface area contributed by atoms with Crippen molar-refractivity contribution >= 4 is 17.2 Å². The first-order valence-corrected chi connectivity index (χ1v) is 7.79. The summed E-state index contributed by atoms with van der Waals surface area (Å²) >= 11 is 1.55. The van der Waals surface area contributed by atoms with Crippen molar-refractivity contribution in [1.82, 2.24) is 15.5 Å². The lowest BCUT2D eigenvalue weighted by atomic mass is 10.2. The van der Waals surface area contributed by atoms with E-state index in [9.17, 15) is 4.79 Å². The number of thiophene rings is 1. The molecule has 0 unspecified atom stereocenters. The molecule has 0 spiro atoms. The highest BCUT2D eigenvalue weighted by atomic mass is 32.1. The third kappa shape index (κ3) is 3.43. The molecule has 0 fully saturated rings. The largest absolute Gasteiger partial charge is 0.467 e. The maximum Gasteiger partial charge on any atom is 0.227 e. The molecule has 1 amide bonds. The number of carbonyl (C=O) groups excluding carboxylic acids is 1. The van der Waals surface area contributed by atoms with Crippen LogP contribution >= 0.6 is 11.3 Å². The van der Waals surface area contributed by atoms with Crippen LogP contribution in [0.1, 0.15) is 31.0 Å². The molecule has 1 atom stereocenters. The summed E-state index contributed by atoms with van der Waals surface area (Å²) in [6.45, 7) is 1.87. The van der Waals surface area contributed by atoms with E-state index in [4.69, 9.17) is 8.94 Å². The molecule has 0 saturated heterocycles. The van der Waals surface area contributed by atoms with E-state index in [0.717, 1.165) is 10.6 Å². The number of carbonyl (C=O) groups is 1. The van der Waals surface area contributed by atoms with E-state index in [2.05, 4.69) is 15.5 Å². The summed E-state index contributed by atoms with van der Waals surface area (Å²) in [5.41, 5.74) is 0. The first-order chi connectivity index (χ1) is 10.7. The van der Waals surface area contributed by atoms with Gasteiger partial charge in [-0.1, -0.05) is 11.2 Å². The number of amides is 1. The van der Waals surface area contributed by atoms with Gasteiger partial charge in [-0.15, -0.1) is 11.3 Å². The zero-order valence-corrected chi connectivity index (χ0v) is 12.8. The van der Waals surface area contributed by atoms with Crippen LogP contribution in [0.4, 0.5) is 0 Å². The molecule has 3 rings (SSSR count). The van der Waals surface area contributed by atoms with E-state index in [0.29, 0.717) is 18.1 Å². The van der Waals surface area contributed by atoms with Crippen LogP contribution in [0.25, 0.3) is 10.7 Å². The molecule has 114 valence electrons. The average Bonchev–Trinajstić information content (AvgIpc) is 3.25. The van der Waals surface area contributed by atoms with Crippen LogP contribution in [-0.2, 0) is 11.2 Å². The third-order valence-corrected chi connectivity index (χ3v) is 3.99. The molecule has 0 aliphatic rings. The number of aryl methyl sites for hydroxylation is 1. The summed E-state index contributed by atoms with van der Waals surface area (Å²) < 4.78 is 10.4. The van der Waals surface area contributed by atoms with E-state index < -0.39 is 0 Å². The van der Waals surface area contributed by atoms with Crippen molar-refractivity contribution in [1.29, 1.82) is 0 Å². The second-order valence-electron chi connectivity index (χ2n) is 4.79. The fraction of sp³-hybridized carbons (Fsp3) is 0.267. The van der Waals surface area contributed by atoms with Gasteiger partial charge in [0, 0.05) is 12.8 Å². The molecule has 7 heteroatoms. The van der Waals surface area contributed by atoms with Gasteiger partial charge in [-0.25, -0.2) is 0 Å². The summed E-state index contributed by atoms with van der Waals surface area (Å²) in [6, 6.07) is 7.32. The first kappa shape index (κ1) is 14.5. The van der Waals surface area contributed by atoms with Crippen LogP contribution in [0, 0.1) is 0 Å². The summed E-state index contributed by atoms with van der Waals surface area (Å²) in [6.07, 6.45) is 2.29. The minimum atomic E-state index is -0.160. The molecule has 3 aromatic heterocycles. The topological polar surface area (TPSA) is 81.2 Å². The van der Waals surface area contributed by atoms with Gasteiger partial charge < -0.3 is 14.3 Å². The van der Waals surface area contributed by atoms with Crippen LogP contribution < -0.4 is 5.32 Å². The maximum absolute atomic E-state index is 11.9. The minimum absolute atomic E-state index is 0.0835. The number of nitrogens with one attached hydrogen (secondary N) is 1. The Morgan fingerprint density at radius 1 is 1.41 bits per heavy atom. The second kappa shape index (κ2) is 6.57. The maximum atomic E-state index is 11.9. The van der Waals surface area contributed by atoms with Crippen molar-refractivity contribution in [3.63, 3.8) is 0 Å². The molecule has 0 saturated carbocycles. The Morgan fingerprint density at radius 3 is 3.05 bits per heavy atom. The van der Waals surface area contributed by atoms with E-state index in [-0.39, 0.29) is 18.4 Å². The monoisotopic (exact) mass is 317 g/mol. The van der Waals surface area contributed by atoms with Crippen LogP contribution in [0.5, 0.6) is 0 Å². The average molecular weight is 317 g/mol. The third-order valence-electron chi connectivity index (χ3n) is 3.12. The Kier molecular flexibility index (Phi) is 4.34. The highest BCUT2D eigenvalue weighted by Crippen LogP contribution is 2.21. The van der Waals surface area contributed by atoms with Gasteiger partial charge in [0.05, 0.1) is 17.2 Å². The van der Waals surface area contributed by atoms with Crippen LogP contribution in [0.2, 0.25) is 0 Å². The van der Waals surface area contributed by atoms with E-state index >= 15 is 0 Å². The van der Waals surface area contributed by atoms with Gasteiger partial charge in [0.1, 0.15) is 5.76 Å². The molecule has 6 nitrogen and oxygen atoms in total. The Balaban J connectivity index is 1.51. The summed E-state index contributed by atoms with van der Waals surface area (Å²) in [4.78, 5) is 17.2. The fourth-order valence-electron chi connectivity index (χ4n) is 2.01. The Hall–Kier alpha value is -2.41. The molecule has 22 heavy (non-hydrogen) atoms. The Labute approximate surface area is 131 Å². The Bertz CT molecular complexity index is 719. The zero-order chi connectivity index (χ0) is 15.4. The molecule has 0 aliphatic heterocycles. The highest BCUT2D eigenvalue weighted by Gasteiger charge is 2.14. The van der Waals surface area contributed by atoms with E-state index in [1.54, 1.807) is 23.7 Å². The molecular weight excluding hydrogens is 302 g/mol. The van der Waals surface area contributed by atoms with Gasteiger partial charge in [-0.3, -0.25) is 4.79 Å². The molecule has 0 aliphatic carbocycles. The van der Waals surface area contributed by atoms with Gasteiger partial charge in [0.25, 0.3) is 0 Å². The molecule has 1 N–H and O–H groups in total. The van der Waals surface area contributed by atoms with Crippen molar-refractivity contribution < 1.29 is 13.7 Å². The Morgan fingerprint density at radius 2 is 2.32 bits per heavy atom. The van der Waals surface area contributed by atoms with Gasteiger partial charge in [0.2, 0.25) is 17.6 Å². The van der Waals surface area contributed by atoms with Crippen molar-refractivity contribution in [2.45, 2.75) is 25.8 Å². The summed E-state index contributed by atoms with van der Waals surface area (Å²) in [7, 11) is 0. The first-order valence-electron chi connectivity index (χ1n) is 6.91. The number of aromatic nitrogens is 2. The van der Waals surface area contributed by atoms with Gasteiger partial charge in [-0.2, -0.15) is 4.98 Å². The van der Waals surface area contributed by atoms with Gasteiger partial charge in [-0.05, 0) is 30.5 Å². The van der Waals surface area contributed by atoms with Gasteiger partial charge in [0.15, 0.2) is 0 Å². The predicted molar refractivity (Wildman–Crippen MR) is 81.2 cm³/mol. The second-order valence-corrected chi connectivity index (χ2v) is 5.74. The molecule has 0 bridgehead atoms. The van der Waals surface area contributed by atoms with Crippen LogP contribution in [0.3, 0.4) is 0 Å².